The highest BCUT2D eigenvalue weighted by atomic mass is 19.4. The minimum absolute atomic E-state index is 0.0311. The van der Waals surface area contributed by atoms with Crippen molar-refractivity contribution in [1.29, 1.82) is 0 Å². The van der Waals surface area contributed by atoms with E-state index in [1.165, 1.54) is 12.1 Å². The molecule has 0 saturated carbocycles. The molecule has 0 aliphatic carbocycles. The molecule has 1 heterocycles. The van der Waals surface area contributed by atoms with Gasteiger partial charge in [-0.1, -0.05) is 17.7 Å². The van der Waals surface area contributed by atoms with Gasteiger partial charge >= 0.3 is 6.18 Å². The number of nitrogens with one attached hydrogen (secondary N) is 1. The molecule has 0 aromatic heterocycles. The Balaban J connectivity index is 2.20. The average Bonchev–Trinajstić information content (AvgIpc) is 2.72. The van der Waals surface area contributed by atoms with Crippen molar-refractivity contribution in [3.8, 4) is 5.75 Å². The van der Waals surface area contributed by atoms with Crippen molar-refractivity contribution in [2.45, 2.75) is 18.7 Å². The molecule has 120 valence electrons. The number of phenolic OH excluding ortho intramolecular Hbond substituents is 1. The van der Waals surface area contributed by atoms with E-state index in [9.17, 15) is 28.2 Å². The Morgan fingerprint density at radius 2 is 1.78 bits per heavy atom. The fourth-order valence-corrected chi connectivity index (χ4v) is 2.68. The predicted octanol–water partition coefficient (Wildman–Crippen LogP) is 2.91. The van der Waals surface area contributed by atoms with Gasteiger partial charge in [-0.15, -0.1) is 0 Å². The van der Waals surface area contributed by atoms with Gasteiger partial charge in [0.25, 0.3) is 5.91 Å². The molecular formula is C16H12F3NO3. The van der Waals surface area contributed by atoms with Gasteiger partial charge in [-0.25, -0.2) is 0 Å². The number of carbonyl (C=O) groups is 1. The van der Waals surface area contributed by atoms with E-state index in [1.54, 1.807) is 13.0 Å². The second kappa shape index (κ2) is 4.73. The van der Waals surface area contributed by atoms with E-state index in [4.69, 9.17) is 0 Å². The number of hydrogen-bond acceptors (Lipinski definition) is 3. The maximum atomic E-state index is 12.8. The summed E-state index contributed by atoms with van der Waals surface area (Å²) >= 11 is 0. The summed E-state index contributed by atoms with van der Waals surface area (Å²) in [6, 6.07) is 6.91. The van der Waals surface area contributed by atoms with Crippen molar-refractivity contribution in [1.82, 2.24) is 0 Å². The SMILES string of the molecule is Cc1ccc(O)c([C@]2(O)C(=O)Nc3cc(C(F)(F)F)ccc32)c1. The quantitative estimate of drug-likeness (QED) is 0.756. The predicted molar refractivity (Wildman–Crippen MR) is 75.9 cm³/mol. The molecule has 1 atom stereocenters. The lowest BCUT2D eigenvalue weighted by atomic mass is 9.85. The summed E-state index contributed by atoms with van der Waals surface area (Å²) in [6.45, 7) is 1.70. The van der Waals surface area contributed by atoms with Crippen molar-refractivity contribution < 1.29 is 28.2 Å². The van der Waals surface area contributed by atoms with Crippen molar-refractivity contribution in [3.05, 3.63) is 58.7 Å². The van der Waals surface area contributed by atoms with Crippen LogP contribution in [-0.2, 0) is 16.6 Å². The van der Waals surface area contributed by atoms with Crippen LogP contribution in [0.15, 0.2) is 36.4 Å². The van der Waals surface area contributed by atoms with E-state index < -0.39 is 23.2 Å². The van der Waals surface area contributed by atoms with Crippen molar-refractivity contribution in [3.63, 3.8) is 0 Å². The molecule has 0 fully saturated rings. The number of aryl methyl sites for hydroxylation is 1. The minimum atomic E-state index is -4.56. The summed E-state index contributed by atoms with van der Waals surface area (Å²) in [5.74, 6) is -1.23. The third-order valence-electron chi connectivity index (χ3n) is 3.86. The standard InChI is InChI=1S/C16H12F3NO3/c1-8-2-5-13(21)11(6-8)15(23)10-4-3-9(16(17,18)19)7-12(10)20-14(15)22/h2-7,21,23H,1H3,(H,20,22)/t15-/m0/s1. The molecule has 0 spiro atoms. The maximum absolute atomic E-state index is 12.8. The van der Waals surface area contributed by atoms with Crippen LogP contribution in [0.1, 0.15) is 22.3 Å². The summed E-state index contributed by atoms with van der Waals surface area (Å²) in [4.78, 5) is 12.2. The van der Waals surface area contributed by atoms with Gasteiger partial charge in [0.05, 0.1) is 5.56 Å². The highest BCUT2D eigenvalue weighted by Gasteiger charge is 2.49. The molecule has 0 saturated heterocycles. The summed E-state index contributed by atoms with van der Waals surface area (Å²) in [7, 11) is 0. The van der Waals surface area contributed by atoms with Crippen LogP contribution in [0.4, 0.5) is 18.9 Å². The number of anilines is 1. The third-order valence-corrected chi connectivity index (χ3v) is 3.86. The van der Waals surface area contributed by atoms with Gasteiger partial charge in [-0.3, -0.25) is 4.79 Å². The van der Waals surface area contributed by atoms with Crippen molar-refractivity contribution in [2.75, 3.05) is 5.32 Å². The van der Waals surface area contributed by atoms with Crippen LogP contribution in [0.3, 0.4) is 0 Å². The Morgan fingerprint density at radius 3 is 2.43 bits per heavy atom. The largest absolute Gasteiger partial charge is 0.508 e. The first-order valence-corrected chi connectivity index (χ1v) is 6.69. The summed E-state index contributed by atoms with van der Waals surface area (Å²) in [5, 5.41) is 23.0. The first kappa shape index (κ1) is 15.4. The zero-order valence-corrected chi connectivity index (χ0v) is 11.9. The Labute approximate surface area is 129 Å². The molecule has 4 nitrogen and oxygen atoms in total. The lowest BCUT2D eigenvalue weighted by Gasteiger charge is -2.23. The van der Waals surface area contributed by atoms with Gasteiger partial charge in [0.2, 0.25) is 0 Å². The first-order chi connectivity index (χ1) is 10.6. The van der Waals surface area contributed by atoms with E-state index >= 15 is 0 Å². The molecule has 3 N–H and O–H groups in total. The molecule has 1 aliphatic rings. The maximum Gasteiger partial charge on any atom is 0.416 e. The smallest absolute Gasteiger partial charge is 0.416 e. The Hall–Kier alpha value is -2.54. The van der Waals surface area contributed by atoms with Crippen LogP contribution in [0, 0.1) is 6.92 Å². The number of benzene rings is 2. The fraction of sp³-hybridized carbons (Fsp3) is 0.188. The molecule has 1 amide bonds. The number of phenols is 1. The van der Waals surface area contributed by atoms with Gasteiger partial charge < -0.3 is 15.5 Å². The highest BCUT2D eigenvalue weighted by molar-refractivity contribution is 6.07. The van der Waals surface area contributed by atoms with Crippen LogP contribution in [0.25, 0.3) is 0 Å². The van der Waals surface area contributed by atoms with E-state index in [0.29, 0.717) is 5.56 Å². The minimum Gasteiger partial charge on any atom is -0.508 e. The van der Waals surface area contributed by atoms with Crippen LogP contribution >= 0.6 is 0 Å². The van der Waals surface area contributed by atoms with Crippen molar-refractivity contribution >= 4 is 11.6 Å². The zero-order chi connectivity index (χ0) is 17.0. The van der Waals surface area contributed by atoms with Gasteiger partial charge in [0.15, 0.2) is 5.60 Å². The Morgan fingerprint density at radius 1 is 1.09 bits per heavy atom. The normalized spacial score (nSPS) is 20.3. The van der Waals surface area contributed by atoms with E-state index in [1.807, 2.05) is 0 Å². The highest BCUT2D eigenvalue weighted by Crippen LogP contribution is 2.45. The molecule has 2 aromatic rings. The fourth-order valence-electron chi connectivity index (χ4n) is 2.68. The topological polar surface area (TPSA) is 69.6 Å². The molecule has 3 rings (SSSR count). The van der Waals surface area contributed by atoms with Gasteiger partial charge in [0, 0.05) is 16.8 Å². The number of fused-ring (bicyclic) bond motifs is 1. The summed E-state index contributed by atoms with van der Waals surface area (Å²) < 4.78 is 38.3. The average molecular weight is 323 g/mol. The second-order valence-corrected chi connectivity index (χ2v) is 5.44. The van der Waals surface area contributed by atoms with E-state index in [0.717, 1.165) is 18.2 Å². The molecule has 0 unspecified atom stereocenters. The molecule has 7 heteroatoms. The molecule has 1 aliphatic heterocycles. The number of halogens is 3. The molecule has 0 bridgehead atoms. The molecule has 2 aromatic carbocycles. The number of rotatable bonds is 1. The number of alkyl halides is 3. The monoisotopic (exact) mass is 323 g/mol. The van der Waals surface area contributed by atoms with Crippen LogP contribution in [-0.4, -0.2) is 16.1 Å². The number of amides is 1. The number of aliphatic hydroxyl groups is 1. The Kier molecular flexibility index (Phi) is 3.16. The van der Waals surface area contributed by atoms with Crippen molar-refractivity contribution in [2.24, 2.45) is 0 Å². The van der Waals surface area contributed by atoms with Gasteiger partial charge in [-0.05, 0) is 31.2 Å². The van der Waals surface area contributed by atoms with E-state index in [2.05, 4.69) is 5.32 Å². The number of hydrogen-bond donors (Lipinski definition) is 3. The molecule has 0 radical (unpaired) electrons. The number of carbonyl (C=O) groups excluding carboxylic acids is 1. The van der Waals surface area contributed by atoms with Gasteiger partial charge in [0.1, 0.15) is 5.75 Å². The zero-order valence-electron chi connectivity index (χ0n) is 11.9. The lowest BCUT2D eigenvalue weighted by molar-refractivity contribution is -0.137. The molecular weight excluding hydrogens is 311 g/mol. The summed E-state index contributed by atoms with van der Waals surface area (Å²) in [5.41, 5.74) is -2.73. The Bertz CT molecular complexity index is 817. The molecule has 23 heavy (non-hydrogen) atoms. The van der Waals surface area contributed by atoms with Crippen LogP contribution in [0.2, 0.25) is 0 Å². The lowest BCUT2D eigenvalue weighted by Crippen LogP contribution is -2.35. The van der Waals surface area contributed by atoms with Gasteiger partial charge in [-0.2, -0.15) is 13.2 Å². The first-order valence-electron chi connectivity index (χ1n) is 6.69. The summed E-state index contributed by atoms with van der Waals surface area (Å²) in [6.07, 6.45) is -4.56. The van der Waals surface area contributed by atoms with Crippen LogP contribution < -0.4 is 5.32 Å². The number of aromatic hydroxyl groups is 1. The third kappa shape index (κ3) is 2.24. The van der Waals surface area contributed by atoms with E-state index in [-0.39, 0.29) is 22.6 Å². The second-order valence-electron chi connectivity index (χ2n) is 5.44. The van der Waals surface area contributed by atoms with Crippen LogP contribution in [0.5, 0.6) is 5.75 Å².